The van der Waals surface area contributed by atoms with E-state index in [1.807, 2.05) is 17.5 Å². The Balaban J connectivity index is 1.47. The van der Waals surface area contributed by atoms with Crippen molar-refractivity contribution < 1.29 is 41.7 Å². The predicted octanol–water partition coefficient (Wildman–Crippen LogP) is 3.48. The molecule has 4 rings (SSSR count). The van der Waals surface area contributed by atoms with Gasteiger partial charge in [0.25, 0.3) is 5.91 Å². The molecule has 1 amide bonds. The molecule has 1 aliphatic rings. The SMILES string of the molecule is CCOC(=O)c1c(-c2cccs2)csc1NC(=O)COC(=O)c1ccc(OC)c(S(=O)(=O)N2CCOCC2)c1. The number of anilines is 1. The molecule has 208 valence electrons. The zero-order chi connectivity index (χ0) is 28.0. The quantitative estimate of drug-likeness (QED) is 0.350. The van der Waals surface area contributed by atoms with Crippen molar-refractivity contribution in [2.75, 3.05) is 51.9 Å². The highest BCUT2D eigenvalue weighted by Gasteiger charge is 2.30. The number of thiophene rings is 2. The van der Waals surface area contributed by atoms with Gasteiger partial charge in [-0.2, -0.15) is 4.31 Å². The minimum absolute atomic E-state index is 0.0706. The summed E-state index contributed by atoms with van der Waals surface area (Å²) in [6.07, 6.45) is 0. The molecule has 2 aromatic heterocycles. The summed E-state index contributed by atoms with van der Waals surface area (Å²) in [5.74, 6) is -2.09. The van der Waals surface area contributed by atoms with E-state index < -0.39 is 34.5 Å². The molecular weight excluding hydrogens is 568 g/mol. The van der Waals surface area contributed by atoms with Crippen LogP contribution in [0, 0.1) is 0 Å². The van der Waals surface area contributed by atoms with Gasteiger partial charge < -0.3 is 24.3 Å². The minimum Gasteiger partial charge on any atom is -0.495 e. The Morgan fingerprint density at radius 2 is 1.85 bits per heavy atom. The van der Waals surface area contributed by atoms with E-state index in [1.54, 1.807) is 12.3 Å². The monoisotopic (exact) mass is 594 g/mol. The van der Waals surface area contributed by atoms with Gasteiger partial charge in [0.1, 0.15) is 21.2 Å². The Hall–Kier alpha value is -3.30. The van der Waals surface area contributed by atoms with Gasteiger partial charge in [0.15, 0.2) is 6.61 Å². The lowest BCUT2D eigenvalue weighted by atomic mass is 10.1. The molecule has 11 nitrogen and oxygen atoms in total. The van der Waals surface area contributed by atoms with Crippen LogP contribution in [0.25, 0.3) is 10.4 Å². The average Bonchev–Trinajstić information content (AvgIpc) is 3.62. The Labute approximate surface area is 233 Å². The van der Waals surface area contributed by atoms with Gasteiger partial charge in [0.05, 0.1) is 32.5 Å². The van der Waals surface area contributed by atoms with Gasteiger partial charge in [-0.25, -0.2) is 18.0 Å². The number of sulfonamides is 1. The Morgan fingerprint density at radius 3 is 2.51 bits per heavy atom. The third kappa shape index (κ3) is 6.47. The first-order chi connectivity index (χ1) is 18.8. The Kier molecular flexibility index (Phi) is 9.35. The second kappa shape index (κ2) is 12.7. The fourth-order valence-electron chi connectivity index (χ4n) is 3.78. The van der Waals surface area contributed by atoms with E-state index in [0.29, 0.717) is 5.56 Å². The van der Waals surface area contributed by atoms with Crippen molar-refractivity contribution in [3.63, 3.8) is 0 Å². The molecule has 1 saturated heterocycles. The first-order valence-corrected chi connectivity index (χ1v) is 15.0. The summed E-state index contributed by atoms with van der Waals surface area (Å²) in [6, 6.07) is 7.57. The predicted molar refractivity (Wildman–Crippen MR) is 145 cm³/mol. The summed E-state index contributed by atoms with van der Waals surface area (Å²) in [6.45, 7) is 2.05. The Bertz CT molecular complexity index is 1440. The number of nitrogens with zero attached hydrogens (tertiary/aromatic N) is 1. The molecule has 3 heterocycles. The molecule has 0 spiro atoms. The van der Waals surface area contributed by atoms with Crippen LogP contribution in [0.2, 0.25) is 0 Å². The van der Waals surface area contributed by atoms with Crippen LogP contribution in [0.3, 0.4) is 0 Å². The summed E-state index contributed by atoms with van der Waals surface area (Å²) in [4.78, 5) is 38.7. The van der Waals surface area contributed by atoms with Crippen molar-refractivity contribution in [1.29, 1.82) is 0 Å². The molecule has 0 bridgehead atoms. The number of morpholine rings is 1. The normalized spacial score (nSPS) is 14.0. The first kappa shape index (κ1) is 28.7. The minimum atomic E-state index is -3.97. The first-order valence-electron chi connectivity index (χ1n) is 11.8. The number of carbonyl (C=O) groups is 3. The second-order valence-corrected chi connectivity index (χ2v) is 11.8. The van der Waals surface area contributed by atoms with Crippen LogP contribution in [0.4, 0.5) is 5.00 Å². The van der Waals surface area contributed by atoms with Crippen molar-refractivity contribution in [2.24, 2.45) is 0 Å². The van der Waals surface area contributed by atoms with Gasteiger partial charge in [0.2, 0.25) is 10.0 Å². The largest absolute Gasteiger partial charge is 0.495 e. The number of benzene rings is 1. The third-order valence-corrected chi connectivity index (χ3v) is 9.35. The summed E-state index contributed by atoms with van der Waals surface area (Å²) >= 11 is 2.59. The van der Waals surface area contributed by atoms with E-state index in [4.69, 9.17) is 18.9 Å². The van der Waals surface area contributed by atoms with E-state index in [-0.39, 0.29) is 59.7 Å². The molecule has 0 saturated carbocycles. The summed E-state index contributed by atoms with van der Waals surface area (Å²) in [7, 11) is -2.64. The number of hydrogen-bond donors (Lipinski definition) is 1. The van der Waals surface area contributed by atoms with Crippen molar-refractivity contribution in [3.8, 4) is 16.2 Å². The zero-order valence-corrected chi connectivity index (χ0v) is 23.6. The van der Waals surface area contributed by atoms with E-state index >= 15 is 0 Å². The second-order valence-electron chi connectivity index (χ2n) is 8.06. The summed E-state index contributed by atoms with van der Waals surface area (Å²) < 4.78 is 48.3. The van der Waals surface area contributed by atoms with Gasteiger partial charge in [-0.1, -0.05) is 6.07 Å². The third-order valence-electron chi connectivity index (χ3n) is 5.63. The lowest BCUT2D eigenvalue weighted by Crippen LogP contribution is -2.40. The average molecular weight is 595 g/mol. The molecule has 3 aromatic rings. The molecule has 1 aliphatic heterocycles. The molecule has 0 radical (unpaired) electrons. The summed E-state index contributed by atoms with van der Waals surface area (Å²) in [5, 5.41) is 6.49. The van der Waals surface area contributed by atoms with Crippen molar-refractivity contribution >= 4 is 55.5 Å². The van der Waals surface area contributed by atoms with Crippen LogP contribution >= 0.6 is 22.7 Å². The number of esters is 2. The number of carbonyl (C=O) groups excluding carboxylic acids is 3. The lowest BCUT2D eigenvalue weighted by Gasteiger charge is -2.26. The molecule has 0 aliphatic carbocycles. The fourth-order valence-corrected chi connectivity index (χ4v) is 7.15. The number of rotatable bonds is 10. The number of hydrogen-bond acceptors (Lipinski definition) is 11. The van der Waals surface area contributed by atoms with Crippen molar-refractivity contribution in [1.82, 2.24) is 4.31 Å². The molecule has 0 unspecified atom stereocenters. The van der Waals surface area contributed by atoms with E-state index in [2.05, 4.69) is 5.32 Å². The molecule has 1 aromatic carbocycles. The van der Waals surface area contributed by atoms with Crippen LogP contribution < -0.4 is 10.1 Å². The summed E-state index contributed by atoms with van der Waals surface area (Å²) in [5.41, 5.74) is 0.781. The number of methoxy groups -OCH3 is 1. The lowest BCUT2D eigenvalue weighted by molar-refractivity contribution is -0.119. The maximum Gasteiger partial charge on any atom is 0.341 e. The fraction of sp³-hybridized carbons (Fsp3) is 0.320. The number of amides is 1. The zero-order valence-electron chi connectivity index (χ0n) is 21.1. The molecule has 0 atom stereocenters. The van der Waals surface area contributed by atoms with E-state index in [1.165, 1.54) is 34.9 Å². The van der Waals surface area contributed by atoms with Crippen LogP contribution in [0.15, 0.2) is 46.0 Å². The maximum atomic E-state index is 13.2. The highest BCUT2D eigenvalue weighted by Crippen LogP contribution is 2.38. The van der Waals surface area contributed by atoms with Crippen LogP contribution in [0.5, 0.6) is 5.75 Å². The van der Waals surface area contributed by atoms with Crippen LogP contribution in [-0.4, -0.2) is 77.2 Å². The van der Waals surface area contributed by atoms with E-state index in [9.17, 15) is 22.8 Å². The van der Waals surface area contributed by atoms with E-state index in [0.717, 1.165) is 22.3 Å². The highest BCUT2D eigenvalue weighted by atomic mass is 32.2. The van der Waals surface area contributed by atoms with Gasteiger partial charge in [0, 0.05) is 28.9 Å². The standard InChI is InChI=1S/C25H26N2O9S3/c1-3-35-25(30)22-17(19-5-4-12-37-19)15-38-23(22)26-21(28)14-36-24(29)16-6-7-18(33-2)20(13-16)39(31,32)27-8-10-34-11-9-27/h4-7,12-13,15H,3,8-11,14H2,1-2H3,(H,26,28). The van der Waals surface area contributed by atoms with Crippen molar-refractivity contribution in [3.05, 3.63) is 52.2 Å². The smallest absolute Gasteiger partial charge is 0.341 e. The molecule has 14 heteroatoms. The number of nitrogens with one attached hydrogen (secondary N) is 1. The molecule has 39 heavy (non-hydrogen) atoms. The van der Waals surface area contributed by atoms with Crippen LogP contribution in [0.1, 0.15) is 27.6 Å². The molecule has 1 N–H and O–H groups in total. The molecule has 1 fully saturated rings. The van der Waals surface area contributed by atoms with Gasteiger partial charge >= 0.3 is 11.9 Å². The van der Waals surface area contributed by atoms with Crippen LogP contribution in [-0.2, 0) is 29.0 Å². The van der Waals surface area contributed by atoms with Crippen molar-refractivity contribution in [2.45, 2.75) is 11.8 Å². The van der Waals surface area contributed by atoms with Gasteiger partial charge in [-0.05, 0) is 36.6 Å². The number of ether oxygens (including phenoxy) is 4. The molecular formula is C25H26N2O9S3. The topological polar surface area (TPSA) is 138 Å². The van der Waals surface area contributed by atoms with Gasteiger partial charge in [-0.15, -0.1) is 22.7 Å². The maximum absolute atomic E-state index is 13.2. The van der Waals surface area contributed by atoms with Gasteiger partial charge in [-0.3, -0.25) is 4.79 Å². The Morgan fingerprint density at radius 1 is 1.08 bits per heavy atom. The highest BCUT2D eigenvalue weighted by molar-refractivity contribution is 7.89.